The van der Waals surface area contributed by atoms with Crippen molar-refractivity contribution >= 4 is 89.2 Å². The van der Waals surface area contributed by atoms with Gasteiger partial charge in [-0.2, -0.15) is 0 Å². The van der Waals surface area contributed by atoms with Crippen LogP contribution in [0.1, 0.15) is 160 Å². The van der Waals surface area contributed by atoms with Crippen LogP contribution in [0, 0.1) is 0 Å². The summed E-state index contributed by atoms with van der Waals surface area (Å²) in [5.74, 6) is -8.91. The molecular formula is C66H105N7O30. The van der Waals surface area contributed by atoms with Crippen LogP contribution in [0.5, 0.6) is 0 Å². The fourth-order valence-corrected chi connectivity index (χ4v) is 11.2. The minimum Gasteiger partial charge on any atom is -0.463 e. The lowest BCUT2D eigenvalue weighted by Crippen LogP contribution is -2.66. The number of hydrogen-bond acceptors (Lipinski definition) is 31. The Morgan fingerprint density at radius 3 is 0.903 bits per heavy atom. The summed E-state index contributed by atoms with van der Waals surface area (Å²) in [6, 6.07) is -3.49. The molecule has 0 aromatic carbocycles. The molecule has 0 aliphatic carbocycles. The Morgan fingerprint density at radius 2 is 0.602 bits per heavy atom. The van der Waals surface area contributed by atoms with Crippen LogP contribution in [0.15, 0.2) is 0 Å². The lowest BCUT2D eigenvalue weighted by molar-refractivity contribution is -0.277. The zero-order valence-corrected chi connectivity index (χ0v) is 60.8. The molecule has 0 radical (unpaired) electrons. The number of nitrogens with zero attached hydrogens (tertiary/aromatic N) is 1. The van der Waals surface area contributed by atoms with E-state index in [-0.39, 0.29) is 69.9 Å². The number of esters is 9. The fourth-order valence-electron chi connectivity index (χ4n) is 11.2. The molecule has 6 N–H and O–H groups in total. The van der Waals surface area contributed by atoms with E-state index in [4.69, 9.17) is 71.1 Å². The second kappa shape index (κ2) is 47.9. The summed E-state index contributed by atoms with van der Waals surface area (Å²) in [7, 11) is 0. The average Bonchev–Trinajstić information content (AvgIpc) is 0.802. The van der Waals surface area contributed by atoms with Gasteiger partial charge in [-0.25, -0.2) is 0 Å². The Bertz CT molecular complexity index is 2810. The molecule has 37 nitrogen and oxygen atoms in total. The van der Waals surface area contributed by atoms with Gasteiger partial charge in [0.25, 0.3) is 0 Å². The van der Waals surface area contributed by atoms with Crippen LogP contribution >= 0.6 is 0 Å². The average molecular weight is 1480 g/mol. The van der Waals surface area contributed by atoms with Gasteiger partial charge in [0.05, 0.1) is 0 Å². The number of ether oxygens (including phenoxy) is 15. The SMILES string of the molecule is CC(=O)NC1[C@H](OCCCCC(=O)NCCCNCCCN(CCCNC(=O)CCCCO[C@@H]2OC(COC(C)=O)[C@H](OC(C)=O)[C@H](OC(C)=O)C2NC(C)=O)C(=O)CCCCO[C@@H]2OC(COC(C)=O)[C@H](OC(C)=O)[C@H](OC(C)=O)C2NC(C)=O)OC(COC(C)=O)[C@H](OC(C)=O)[C@@H]1OC(C)=O. The summed E-state index contributed by atoms with van der Waals surface area (Å²) >= 11 is 0. The first-order chi connectivity index (χ1) is 48.8. The topological polar surface area (TPSA) is 470 Å². The van der Waals surface area contributed by atoms with Gasteiger partial charge in [0.15, 0.2) is 55.5 Å². The third-order valence-electron chi connectivity index (χ3n) is 15.4. The Hall–Kier alpha value is -8.23. The minimum atomic E-state index is -1.33. The van der Waals surface area contributed by atoms with Gasteiger partial charge >= 0.3 is 53.7 Å². The van der Waals surface area contributed by atoms with E-state index in [1.165, 1.54) is 27.7 Å². The van der Waals surface area contributed by atoms with Crippen molar-refractivity contribution in [1.82, 2.24) is 36.8 Å². The van der Waals surface area contributed by atoms with E-state index in [9.17, 15) is 71.9 Å². The molecule has 3 saturated heterocycles. The second-order valence-corrected chi connectivity index (χ2v) is 24.5. The van der Waals surface area contributed by atoms with Gasteiger partial charge in [-0.05, 0) is 70.9 Å². The van der Waals surface area contributed by atoms with E-state index < -0.39 is 183 Å². The third-order valence-corrected chi connectivity index (χ3v) is 15.4. The first-order valence-electron chi connectivity index (χ1n) is 34.3. The maximum atomic E-state index is 13.9. The number of hydrogen-bond donors (Lipinski definition) is 6. The summed E-state index contributed by atoms with van der Waals surface area (Å²) in [4.78, 5) is 187. The van der Waals surface area contributed by atoms with Crippen LogP contribution < -0.4 is 31.9 Å². The highest BCUT2D eigenvalue weighted by Crippen LogP contribution is 2.32. The lowest BCUT2D eigenvalue weighted by atomic mass is 9.96. The summed E-state index contributed by atoms with van der Waals surface area (Å²) in [5.41, 5.74) is 0. The summed E-state index contributed by atoms with van der Waals surface area (Å²) in [5, 5.41) is 17.0. The first-order valence-corrected chi connectivity index (χ1v) is 34.3. The molecule has 3 aliphatic rings. The Morgan fingerprint density at radius 1 is 0.320 bits per heavy atom. The number of amides is 6. The van der Waals surface area contributed by atoms with Crippen LogP contribution in [-0.2, 0) is 143 Å². The molecular weight excluding hydrogens is 1370 g/mol. The Kier molecular flexibility index (Phi) is 41.4. The predicted molar refractivity (Wildman–Crippen MR) is 351 cm³/mol. The monoisotopic (exact) mass is 1480 g/mol. The second-order valence-electron chi connectivity index (χ2n) is 24.5. The van der Waals surface area contributed by atoms with Crippen LogP contribution in [-0.4, -0.2) is 265 Å². The van der Waals surface area contributed by atoms with Crippen LogP contribution in [0.25, 0.3) is 0 Å². The number of rotatable bonds is 45. The van der Waals surface area contributed by atoms with Crippen molar-refractivity contribution in [3.8, 4) is 0 Å². The molecule has 0 aromatic heterocycles. The summed E-state index contributed by atoms with van der Waals surface area (Å²) < 4.78 is 84.5. The van der Waals surface area contributed by atoms with Crippen molar-refractivity contribution in [2.75, 3.05) is 78.9 Å². The van der Waals surface area contributed by atoms with E-state index in [1.807, 2.05) is 0 Å². The smallest absolute Gasteiger partial charge is 0.303 e. The van der Waals surface area contributed by atoms with Gasteiger partial charge in [0.1, 0.15) is 56.3 Å². The van der Waals surface area contributed by atoms with Crippen LogP contribution in [0.4, 0.5) is 0 Å². The highest BCUT2D eigenvalue weighted by molar-refractivity contribution is 5.78. The molecule has 0 saturated carbocycles. The Balaban J connectivity index is 1.59. The van der Waals surface area contributed by atoms with E-state index in [2.05, 4.69) is 31.9 Å². The minimum absolute atomic E-state index is 0.00663. The standard InChI is InChI=1S/C66H105N7O30/c1-37(74)70-55-61(98-46(10)83)58(95-43(7)80)49(34-92-40(4)77)101-64(55)89-31-16-13-22-52(86)68-27-19-25-67-26-20-29-73(54(88)24-15-18-33-91-66-57(72-39(3)76)63(100-48(12)85)60(97-45(9)82)51(103-66)36-94-42(6)79)30-21-28-69-53(87)23-14-17-32-90-65-56(71-38(2)75)62(99-47(11)84)59(96-44(8)81)50(102-65)35-93-41(5)78/h49-51,55-67H,13-36H2,1-12H3,(H,68,86)(H,69,87)(H,70,74)(H,71,75)(H,72,76)/t49?,50?,51?,55?,56?,57?,58-,59-,60-,61+,62+,63+,64+,65+,66+/m0/s1. The molecule has 3 aliphatic heterocycles. The number of carbonyl (C=O) groups excluding carboxylic acids is 15. The molecule has 37 heteroatoms. The molecule has 3 fully saturated rings. The third kappa shape index (κ3) is 35.7. The molecule has 3 rings (SSSR count). The van der Waals surface area contributed by atoms with Crippen molar-refractivity contribution in [3.05, 3.63) is 0 Å². The maximum absolute atomic E-state index is 13.9. The van der Waals surface area contributed by atoms with Crippen molar-refractivity contribution in [2.45, 2.75) is 252 Å². The van der Waals surface area contributed by atoms with Gasteiger partial charge in [-0.1, -0.05) is 0 Å². The molecule has 584 valence electrons. The number of nitrogens with one attached hydrogen (secondary N) is 6. The summed E-state index contributed by atoms with van der Waals surface area (Å²) in [6.07, 6.45) is -11.3. The molecule has 103 heavy (non-hydrogen) atoms. The highest BCUT2D eigenvalue weighted by atomic mass is 16.7. The number of carbonyl (C=O) groups is 15. The predicted octanol–water partition coefficient (Wildman–Crippen LogP) is -0.664. The van der Waals surface area contributed by atoms with Crippen LogP contribution in [0.2, 0.25) is 0 Å². The molecule has 15 atom stereocenters. The first kappa shape index (κ1) is 89.0. The fraction of sp³-hybridized carbons (Fsp3) is 0.773. The van der Waals surface area contributed by atoms with Gasteiger partial charge in [-0.3, -0.25) is 71.9 Å². The van der Waals surface area contributed by atoms with Crippen molar-refractivity contribution in [2.24, 2.45) is 0 Å². The lowest BCUT2D eigenvalue weighted by Gasteiger charge is -2.44. The van der Waals surface area contributed by atoms with Crippen molar-refractivity contribution < 1.29 is 143 Å². The molecule has 6 amide bonds. The quantitative estimate of drug-likeness (QED) is 0.0250. The zero-order valence-electron chi connectivity index (χ0n) is 60.8. The van der Waals surface area contributed by atoms with E-state index in [1.54, 1.807) is 4.90 Å². The molecule has 3 heterocycles. The Labute approximate surface area is 598 Å². The normalized spacial score (nSPS) is 24.2. The van der Waals surface area contributed by atoms with Gasteiger partial charge in [0.2, 0.25) is 35.4 Å². The largest absolute Gasteiger partial charge is 0.463 e. The zero-order chi connectivity index (χ0) is 76.7. The number of unbranched alkanes of at least 4 members (excludes halogenated alkanes) is 3. The van der Waals surface area contributed by atoms with E-state index in [0.717, 1.165) is 55.4 Å². The van der Waals surface area contributed by atoms with Crippen molar-refractivity contribution in [3.63, 3.8) is 0 Å². The summed E-state index contributed by atoms with van der Waals surface area (Å²) in [6.45, 7) is 14.8. The molecule has 0 bridgehead atoms. The van der Waals surface area contributed by atoms with E-state index in [0.29, 0.717) is 84.0 Å². The highest BCUT2D eigenvalue weighted by Gasteiger charge is 2.54. The van der Waals surface area contributed by atoms with E-state index >= 15 is 0 Å². The molecule has 6 unspecified atom stereocenters. The molecule has 0 aromatic rings. The van der Waals surface area contributed by atoms with Gasteiger partial charge < -0.3 is 108 Å². The molecule has 0 spiro atoms. The van der Waals surface area contributed by atoms with Gasteiger partial charge in [0, 0.05) is 148 Å². The van der Waals surface area contributed by atoms with Gasteiger partial charge in [-0.15, -0.1) is 0 Å². The maximum Gasteiger partial charge on any atom is 0.303 e. The van der Waals surface area contributed by atoms with Crippen molar-refractivity contribution in [1.29, 1.82) is 0 Å². The van der Waals surface area contributed by atoms with Crippen LogP contribution in [0.3, 0.4) is 0 Å².